The van der Waals surface area contributed by atoms with E-state index in [4.69, 9.17) is 5.84 Å². The van der Waals surface area contributed by atoms with Crippen LogP contribution in [0.5, 0.6) is 0 Å². The smallest absolute Gasteiger partial charge is 0.0955 e. The zero-order valence-electron chi connectivity index (χ0n) is 12.5. The van der Waals surface area contributed by atoms with Gasteiger partial charge in [-0.1, -0.05) is 64.7 Å². The lowest BCUT2D eigenvalue weighted by atomic mass is 10.1. The van der Waals surface area contributed by atoms with Crippen molar-refractivity contribution in [3.05, 3.63) is 0 Å². The van der Waals surface area contributed by atoms with E-state index >= 15 is 0 Å². The number of hydrogen-bond acceptors (Lipinski definition) is 1. The Balaban J connectivity index is 2.99. The van der Waals surface area contributed by atoms with Gasteiger partial charge in [-0.15, -0.1) is 0 Å². The van der Waals surface area contributed by atoms with E-state index in [1.807, 2.05) is 0 Å². The molecule has 0 bridgehead atoms. The molecule has 2 N–H and O–H groups in total. The molecule has 0 saturated carbocycles. The lowest BCUT2D eigenvalue weighted by molar-refractivity contribution is -0.902. The summed E-state index contributed by atoms with van der Waals surface area (Å²) < 4.78 is 0.622. The Morgan fingerprint density at radius 3 is 1.35 bits per heavy atom. The van der Waals surface area contributed by atoms with Crippen LogP contribution in [0.2, 0.25) is 0 Å². The highest BCUT2D eigenvalue weighted by Crippen LogP contribution is 2.11. The van der Waals surface area contributed by atoms with Crippen molar-refractivity contribution in [2.24, 2.45) is 5.84 Å². The zero-order valence-corrected chi connectivity index (χ0v) is 12.5. The first-order valence-electron chi connectivity index (χ1n) is 7.68. The number of nitrogens with zero attached hydrogens (tertiary/aromatic N) is 1. The molecule has 0 heterocycles. The topological polar surface area (TPSA) is 26.0 Å². The molecule has 104 valence electrons. The van der Waals surface area contributed by atoms with Crippen LogP contribution in [0.3, 0.4) is 0 Å². The number of quaternary nitrogens is 1. The van der Waals surface area contributed by atoms with Crippen LogP contribution in [-0.4, -0.2) is 25.2 Å². The Morgan fingerprint density at radius 1 is 0.647 bits per heavy atom. The summed E-state index contributed by atoms with van der Waals surface area (Å²) in [6, 6.07) is 0. The van der Waals surface area contributed by atoms with Crippen molar-refractivity contribution in [2.45, 2.75) is 77.6 Å². The van der Waals surface area contributed by atoms with E-state index in [1.165, 1.54) is 70.6 Å². The van der Waals surface area contributed by atoms with Gasteiger partial charge in [0, 0.05) is 0 Å². The fourth-order valence-corrected chi connectivity index (χ4v) is 2.18. The largest absolute Gasteiger partial charge is 0.253 e. The first-order valence-corrected chi connectivity index (χ1v) is 7.68. The minimum absolute atomic E-state index is 0.622. The first kappa shape index (κ1) is 16.9. The predicted octanol–water partition coefficient (Wildman–Crippen LogP) is 4.25. The van der Waals surface area contributed by atoms with Gasteiger partial charge in [0.1, 0.15) is 0 Å². The van der Waals surface area contributed by atoms with E-state index < -0.39 is 0 Å². The van der Waals surface area contributed by atoms with Crippen molar-refractivity contribution in [1.82, 2.24) is 0 Å². The molecule has 0 fully saturated rings. The second-order valence-electron chi connectivity index (χ2n) is 6.04. The standard InChI is InChI=1S/C15H35N2/c1-4-5-6-7-8-9-10-11-12-13-14-15-17(2,3)16/h4-16H2,1-3H3/q+1. The average Bonchev–Trinajstić information content (AvgIpc) is 2.24. The summed E-state index contributed by atoms with van der Waals surface area (Å²) >= 11 is 0. The summed E-state index contributed by atoms with van der Waals surface area (Å²) in [6.45, 7) is 3.39. The van der Waals surface area contributed by atoms with Crippen LogP contribution in [0.25, 0.3) is 0 Å². The maximum Gasteiger partial charge on any atom is 0.0955 e. The van der Waals surface area contributed by atoms with Gasteiger partial charge in [0.25, 0.3) is 0 Å². The number of nitrogens with two attached hydrogens (primary N) is 1. The molecule has 0 spiro atoms. The third-order valence-corrected chi connectivity index (χ3v) is 3.34. The summed E-state index contributed by atoms with van der Waals surface area (Å²) in [5.41, 5.74) is 0. The minimum Gasteiger partial charge on any atom is -0.253 e. The molecule has 0 rings (SSSR count). The van der Waals surface area contributed by atoms with Crippen LogP contribution in [0.4, 0.5) is 0 Å². The summed E-state index contributed by atoms with van der Waals surface area (Å²) in [5, 5.41) is 0. The predicted molar refractivity (Wildman–Crippen MR) is 77.6 cm³/mol. The maximum absolute atomic E-state index is 5.89. The van der Waals surface area contributed by atoms with Crippen LogP contribution < -0.4 is 5.84 Å². The molecule has 0 aromatic rings. The number of rotatable bonds is 12. The van der Waals surface area contributed by atoms with E-state index in [1.54, 1.807) is 0 Å². The lowest BCUT2D eigenvalue weighted by Gasteiger charge is -2.21. The minimum atomic E-state index is 0.622. The summed E-state index contributed by atoms with van der Waals surface area (Å²) in [6.07, 6.45) is 15.5. The molecule has 0 aliphatic heterocycles. The second kappa shape index (κ2) is 11.0. The van der Waals surface area contributed by atoms with Crippen LogP contribution >= 0.6 is 0 Å². The Hall–Kier alpha value is -0.0800. The van der Waals surface area contributed by atoms with Crippen molar-refractivity contribution >= 4 is 0 Å². The van der Waals surface area contributed by atoms with Crippen LogP contribution in [-0.2, 0) is 0 Å². The van der Waals surface area contributed by atoms with Crippen molar-refractivity contribution in [3.8, 4) is 0 Å². The molecular weight excluding hydrogens is 208 g/mol. The van der Waals surface area contributed by atoms with Crippen LogP contribution in [0, 0.1) is 0 Å². The number of hydrogen-bond donors (Lipinski definition) is 1. The van der Waals surface area contributed by atoms with Gasteiger partial charge in [-0.05, 0) is 12.8 Å². The van der Waals surface area contributed by atoms with Gasteiger partial charge in [0.2, 0.25) is 0 Å². The molecule has 0 unspecified atom stereocenters. The molecule has 17 heavy (non-hydrogen) atoms. The van der Waals surface area contributed by atoms with E-state index in [9.17, 15) is 0 Å². The Labute approximate surface area is 109 Å². The molecule has 0 amide bonds. The van der Waals surface area contributed by atoms with Gasteiger partial charge in [0.15, 0.2) is 0 Å². The van der Waals surface area contributed by atoms with E-state index in [-0.39, 0.29) is 0 Å². The van der Waals surface area contributed by atoms with Gasteiger partial charge < -0.3 is 0 Å². The average molecular weight is 243 g/mol. The Bertz CT molecular complexity index is 149. The van der Waals surface area contributed by atoms with Crippen molar-refractivity contribution in [1.29, 1.82) is 0 Å². The fraction of sp³-hybridized carbons (Fsp3) is 1.00. The van der Waals surface area contributed by atoms with Gasteiger partial charge in [-0.2, -0.15) is 5.84 Å². The summed E-state index contributed by atoms with van der Waals surface area (Å²) in [7, 11) is 4.13. The summed E-state index contributed by atoms with van der Waals surface area (Å²) in [5.74, 6) is 5.89. The molecule has 0 saturated heterocycles. The van der Waals surface area contributed by atoms with E-state index in [2.05, 4.69) is 21.0 Å². The highest BCUT2D eigenvalue weighted by atomic mass is 15.5. The van der Waals surface area contributed by atoms with Gasteiger partial charge >= 0.3 is 0 Å². The SMILES string of the molecule is CCCCCCCCCCCCC[N+](C)(C)N. The molecule has 0 atom stereocenters. The Kier molecular flexibility index (Phi) is 11.0. The molecule has 0 radical (unpaired) electrons. The molecule has 0 aromatic carbocycles. The highest BCUT2D eigenvalue weighted by Gasteiger charge is 2.06. The molecular formula is C15H35N2+. The monoisotopic (exact) mass is 243 g/mol. The molecule has 2 nitrogen and oxygen atoms in total. The van der Waals surface area contributed by atoms with Gasteiger partial charge in [-0.25, -0.2) is 0 Å². The van der Waals surface area contributed by atoms with E-state index in [0.29, 0.717) is 4.59 Å². The third kappa shape index (κ3) is 15.9. The maximum atomic E-state index is 5.89. The highest BCUT2D eigenvalue weighted by molar-refractivity contribution is 4.47. The zero-order chi connectivity index (χ0) is 13.0. The molecule has 2 heteroatoms. The molecule has 0 aliphatic rings. The number of unbranched alkanes of at least 4 members (excludes halogenated alkanes) is 10. The lowest BCUT2D eigenvalue weighted by Crippen LogP contribution is -2.47. The van der Waals surface area contributed by atoms with Crippen LogP contribution in [0.15, 0.2) is 0 Å². The van der Waals surface area contributed by atoms with Gasteiger partial charge in [-0.3, -0.25) is 4.59 Å². The van der Waals surface area contributed by atoms with Crippen molar-refractivity contribution < 1.29 is 4.59 Å². The summed E-state index contributed by atoms with van der Waals surface area (Å²) in [4.78, 5) is 0. The van der Waals surface area contributed by atoms with E-state index in [0.717, 1.165) is 6.54 Å². The van der Waals surface area contributed by atoms with Crippen molar-refractivity contribution in [2.75, 3.05) is 20.6 Å². The quantitative estimate of drug-likeness (QED) is 0.236. The van der Waals surface area contributed by atoms with Crippen LogP contribution in [0.1, 0.15) is 77.6 Å². The van der Waals surface area contributed by atoms with Crippen molar-refractivity contribution in [3.63, 3.8) is 0 Å². The fourth-order valence-electron chi connectivity index (χ4n) is 2.18. The Morgan fingerprint density at radius 2 is 1.00 bits per heavy atom. The molecule has 0 aromatic heterocycles. The normalized spacial score (nSPS) is 12.0. The second-order valence-corrected chi connectivity index (χ2v) is 6.04. The third-order valence-electron chi connectivity index (χ3n) is 3.34. The first-order chi connectivity index (χ1) is 8.06. The molecule has 0 aliphatic carbocycles. The van der Waals surface area contributed by atoms with Gasteiger partial charge in [0.05, 0.1) is 20.6 Å².